The van der Waals surface area contributed by atoms with Crippen molar-refractivity contribution in [3.63, 3.8) is 0 Å². The lowest BCUT2D eigenvalue weighted by molar-refractivity contribution is -0.139. The summed E-state index contributed by atoms with van der Waals surface area (Å²) in [6.07, 6.45) is -5.98. The summed E-state index contributed by atoms with van der Waals surface area (Å²) in [4.78, 5) is 24.2. The fourth-order valence-corrected chi connectivity index (χ4v) is 1.71. The second kappa shape index (κ2) is 7.26. The summed E-state index contributed by atoms with van der Waals surface area (Å²) in [5, 5.41) is 12.3. The van der Waals surface area contributed by atoms with Crippen molar-refractivity contribution in [1.82, 2.24) is 10.2 Å². The first-order valence-corrected chi connectivity index (χ1v) is 6.47. The summed E-state index contributed by atoms with van der Waals surface area (Å²) in [7, 11) is 2.86. The Morgan fingerprint density at radius 3 is 2.27 bits per heavy atom. The van der Waals surface area contributed by atoms with E-state index in [0.717, 1.165) is 29.2 Å². The van der Waals surface area contributed by atoms with Crippen LogP contribution in [0.3, 0.4) is 0 Å². The van der Waals surface area contributed by atoms with Crippen LogP contribution in [0.1, 0.15) is 23.7 Å². The molecule has 1 aromatic carbocycles. The van der Waals surface area contributed by atoms with E-state index in [9.17, 15) is 27.9 Å². The molecule has 8 heteroatoms. The van der Waals surface area contributed by atoms with Crippen LogP contribution in [0.4, 0.5) is 13.2 Å². The maximum absolute atomic E-state index is 12.4. The predicted octanol–water partition coefficient (Wildman–Crippen LogP) is 1.33. The number of carbonyl (C=O) groups is 2. The second-order valence-electron chi connectivity index (χ2n) is 4.71. The molecule has 0 radical (unpaired) electrons. The zero-order valence-electron chi connectivity index (χ0n) is 12.1. The molecule has 0 saturated carbocycles. The minimum atomic E-state index is -4.47. The van der Waals surface area contributed by atoms with Gasteiger partial charge in [0.05, 0.1) is 5.56 Å². The molecule has 0 spiro atoms. The molecule has 22 heavy (non-hydrogen) atoms. The Hall–Kier alpha value is -2.09. The number of nitrogens with one attached hydrogen (secondary N) is 1. The number of carbonyl (C=O) groups excluding carboxylic acids is 2. The molecule has 1 aromatic rings. The van der Waals surface area contributed by atoms with E-state index in [-0.39, 0.29) is 24.4 Å². The fourth-order valence-electron chi connectivity index (χ4n) is 1.71. The lowest BCUT2D eigenvalue weighted by Gasteiger charge is -2.20. The lowest BCUT2D eigenvalue weighted by atomic mass is 10.1. The Labute approximate surface area is 125 Å². The highest BCUT2D eigenvalue weighted by Gasteiger charge is 2.30. The molecule has 2 N–H and O–H groups in total. The van der Waals surface area contributed by atoms with E-state index in [2.05, 4.69) is 5.32 Å². The molecule has 122 valence electrons. The van der Waals surface area contributed by atoms with E-state index in [1.165, 1.54) is 14.1 Å². The summed E-state index contributed by atoms with van der Waals surface area (Å²) >= 11 is 0. The van der Waals surface area contributed by atoms with Gasteiger partial charge in [-0.15, -0.1) is 0 Å². The fraction of sp³-hybridized carbons (Fsp3) is 0.429. The topological polar surface area (TPSA) is 69.6 Å². The number of alkyl halides is 3. The van der Waals surface area contributed by atoms with Crippen LogP contribution >= 0.6 is 0 Å². The summed E-state index contributed by atoms with van der Waals surface area (Å²) in [6, 6.07) is 3.71. The molecule has 0 saturated heterocycles. The first kappa shape index (κ1) is 18.0. The molecule has 5 nitrogen and oxygen atoms in total. The van der Waals surface area contributed by atoms with Crippen LogP contribution in [0.2, 0.25) is 0 Å². The lowest BCUT2D eigenvalue weighted by Crippen LogP contribution is -2.34. The van der Waals surface area contributed by atoms with Crippen molar-refractivity contribution in [3.05, 3.63) is 35.4 Å². The molecule has 0 aliphatic rings. The minimum Gasteiger partial charge on any atom is -0.378 e. The van der Waals surface area contributed by atoms with Crippen LogP contribution in [0, 0.1) is 0 Å². The van der Waals surface area contributed by atoms with E-state index in [1.54, 1.807) is 0 Å². The van der Waals surface area contributed by atoms with Crippen molar-refractivity contribution in [2.45, 2.75) is 18.7 Å². The summed E-state index contributed by atoms with van der Waals surface area (Å²) in [5.74, 6) is -0.952. The van der Waals surface area contributed by atoms with Crippen LogP contribution in [-0.4, -0.2) is 42.5 Å². The number of rotatable bonds is 5. The summed E-state index contributed by atoms with van der Waals surface area (Å²) in [6.45, 7) is 0.0935. The number of likely N-dealkylation sites (N-methyl/N-ethyl adjacent to an activating group) is 1. The molecule has 0 fully saturated rings. The number of amides is 2. The average molecular weight is 318 g/mol. The SMILES string of the molecule is CNC(=O)CCN(C)C(=O)[C@H](O)c1ccc(C(F)(F)F)cc1. The van der Waals surface area contributed by atoms with E-state index in [4.69, 9.17) is 0 Å². The highest BCUT2D eigenvalue weighted by molar-refractivity contribution is 5.82. The van der Waals surface area contributed by atoms with Crippen molar-refractivity contribution in [2.75, 3.05) is 20.6 Å². The van der Waals surface area contributed by atoms with Gasteiger partial charge in [-0.1, -0.05) is 12.1 Å². The van der Waals surface area contributed by atoms with Gasteiger partial charge < -0.3 is 15.3 Å². The number of hydrogen-bond acceptors (Lipinski definition) is 3. The van der Waals surface area contributed by atoms with Gasteiger partial charge >= 0.3 is 6.18 Å². The zero-order chi connectivity index (χ0) is 16.9. The van der Waals surface area contributed by atoms with Gasteiger partial charge in [-0.2, -0.15) is 13.2 Å². The van der Waals surface area contributed by atoms with Gasteiger partial charge in [0, 0.05) is 27.1 Å². The van der Waals surface area contributed by atoms with Crippen molar-refractivity contribution in [2.24, 2.45) is 0 Å². The highest BCUT2D eigenvalue weighted by atomic mass is 19.4. The van der Waals surface area contributed by atoms with Crippen molar-refractivity contribution in [1.29, 1.82) is 0 Å². The first-order valence-electron chi connectivity index (χ1n) is 6.47. The van der Waals surface area contributed by atoms with Gasteiger partial charge in [0.1, 0.15) is 0 Å². The normalized spacial score (nSPS) is 12.6. The van der Waals surface area contributed by atoms with Crippen molar-refractivity contribution >= 4 is 11.8 Å². The Balaban J connectivity index is 2.72. The van der Waals surface area contributed by atoms with Gasteiger partial charge in [-0.3, -0.25) is 9.59 Å². The largest absolute Gasteiger partial charge is 0.416 e. The Morgan fingerprint density at radius 1 is 1.27 bits per heavy atom. The third kappa shape index (κ3) is 4.73. The Bertz CT molecular complexity index is 529. The molecule has 0 aromatic heterocycles. The van der Waals surface area contributed by atoms with Gasteiger partial charge in [0.15, 0.2) is 6.10 Å². The number of aliphatic hydroxyl groups excluding tert-OH is 1. The van der Waals surface area contributed by atoms with Gasteiger partial charge in [-0.05, 0) is 17.7 Å². The van der Waals surface area contributed by atoms with E-state index in [0.29, 0.717) is 0 Å². The van der Waals surface area contributed by atoms with Gasteiger partial charge in [0.2, 0.25) is 5.91 Å². The summed E-state index contributed by atoms with van der Waals surface area (Å²) < 4.78 is 37.3. The van der Waals surface area contributed by atoms with Crippen LogP contribution in [-0.2, 0) is 15.8 Å². The van der Waals surface area contributed by atoms with E-state index >= 15 is 0 Å². The van der Waals surface area contributed by atoms with Gasteiger partial charge in [-0.25, -0.2) is 0 Å². The number of nitrogens with zero attached hydrogens (tertiary/aromatic N) is 1. The number of halogens is 3. The highest BCUT2D eigenvalue weighted by Crippen LogP contribution is 2.30. The standard InChI is InChI=1S/C14H17F3N2O3/c1-18-11(20)7-8-19(2)13(22)12(21)9-3-5-10(6-4-9)14(15,16)17/h3-6,12,21H,7-8H2,1-2H3,(H,18,20)/t12-/m1/s1. The minimum absolute atomic E-state index is 0.0600. The monoisotopic (exact) mass is 318 g/mol. The molecular weight excluding hydrogens is 301 g/mol. The molecule has 0 aliphatic heterocycles. The number of hydrogen-bond donors (Lipinski definition) is 2. The molecule has 2 amide bonds. The second-order valence-corrected chi connectivity index (χ2v) is 4.71. The molecular formula is C14H17F3N2O3. The Morgan fingerprint density at radius 2 is 1.82 bits per heavy atom. The molecule has 0 bridgehead atoms. The molecule has 1 rings (SSSR count). The van der Waals surface area contributed by atoms with Crippen LogP contribution in [0.5, 0.6) is 0 Å². The summed E-state index contributed by atoms with van der Waals surface area (Å²) in [5.41, 5.74) is -0.798. The van der Waals surface area contributed by atoms with Crippen LogP contribution in [0.15, 0.2) is 24.3 Å². The quantitative estimate of drug-likeness (QED) is 0.860. The van der Waals surface area contributed by atoms with Crippen molar-refractivity contribution < 1.29 is 27.9 Å². The zero-order valence-corrected chi connectivity index (χ0v) is 12.1. The van der Waals surface area contributed by atoms with Crippen LogP contribution < -0.4 is 5.32 Å². The Kier molecular flexibility index (Phi) is 5.92. The molecule has 0 aliphatic carbocycles. The maximum Gasteiger partial charge on any atom is 0.416 e. The number of benzene rings is 1. The van der Waals surface area contributed by atoms with E-state index < -0.39 is 23.8 Å². The van der Waals surface area contributed by atoms with Crippen LogP contribution in [0.25, 0.3) is 0 Å². The first-order chi connectivity index (χ1) is 10.2. The number of aliphatic hydroxyl groups is 1. The average Bonchev–Trinajstić information content (AvgIpc) is 2.49. The van der Waals surface area contributed by atoms with E-state index in [1.807, 2.05) is 0 Å². The predicted molar refractivity (Wildman–Crippen MR) is 72.7 cm³/mol. The van der Waals surface area contributed by atoms with Gasteiger partial charge in [0.25, 0.3) is 5.91 Å². The molecule has 1 atom stereocenters. The van der Waals surface area contributed by atoms with Crippen molar-refractivity contribution in [3.8, 4) is 0 Å². The third-order valence-corrected chi connectivity index (χ3v) is 3.12. The smallest absolute Gasteiger partial charge is 0.378 e. The third-order valence-electron chi connectivity index (χ3n) is 3.12. The maximum atomic E-state index is 12.4. The molecule has 0 unspecified atom stereocenters. The molecule has 0 heterocycles.